The van der Waals surface area contributed by atoms with Gasteiger partial charge in [0.05, 0.1) is 5.52 Å². The molecule has 0 aliphatic rings. The van der Waals surface area contributed by atoms with Crippen LogP contribution in [-0.2, 0) is 6.54 Å². The number of fused-ring (bicyclic) bond motifs is 4. The Bertz CT molecular complexity index is 971. The Morgan fingerprint density at radius 3 is 2.77 bits per heavy atom. The van der Waals surface area contributed by atoms with Gasteiger partial charge in [-0.25, -0.2) is 15.0 Å². The summed E-state index contributed by atoms with van der Waals surface area (Å²) in [7, 11) is 4.16. The molecule has 1 aromatic carbocycles. The molecule has 5 heteroatoms. The minimum atomic E-state index is 0.698. The van der Waals surface area contributed by atoms with Gasteiger partial charge in [-0.15, -0.1) is 0 Å². The quantitative estimate of drug-likeness (QED) is 0.582. The summed E-state index contributed by atoms with van der Waals surface area (Å²) in [5, 5.41) is 1.15. The van der Waals surface area contributed by atoms with E-state index in [2.05, 4.69) is 46.7 Å². The van der Waals surface area contributed by atoms with Crippen molar-refractivity contribution < 1.29 is 0 Å². The van der Waals surface area contributed by atoms with E-state index >= 15 is 0 Å². The maximum absolute atomic E-state index is 4.79. The second kappa shape index (κ2) is 5.03. The average Bonchev–Trinajstić information content (AvgIpc) is 2.84. The zero-order valence-corrected chi connectivity index (χ0v) is 12.7. The van der Waals surface area contributed by atoms with Crippen molar-refractivity contribution in [1.29, 1.82) is 0 Å². The Morgan fingerprint density at radius 2 is 1.91 bits per heavy atom. The van der Waals surface area contributed by atoms with Crippen LogP contribution in [0.2, 0.25) is 0 Å². The van der Waals surface area contributed by atoms with Crippen LogP contribution in [0.4, 0.5) is 0 Å². The summed E-state index contributed by atoms with van der Waals surface area (Å²) >= 11 is 0. The minimum Gasteiger partial charge on any atom is -0.323 e. The van der Waals surface area contributed by atoms with Crippen molar-refractivity contribution in [3.05, 3.63) is 42.6 Å². The highest BCUT2D eigenvalue weighted by Gasteiger charge is 2.14. The highest BCUT2D eigenvalue weighted by atomic mass is 15.1. The molecule has 0 radical (unpaired) electrons. The molecule has 5 nitrogen and oxygen atoms in total. The molecule has 0 saturated carbocycles. The number of aromatic nitrogens is 4. The Balaban J connectivity index is 2.06. The monoisotopic (exact) mass is 291 g/mol. The predicted molar refractivity (Wildman–Crippen MR) is 88.9 cm³/mol. The Hall–Kier alpha value is -2.53. The molecule has 22 heavy (non-hydrogen) atoms. The summed E-state index contributed by atoms with van der Waals surface area (Å²) in [6.45, 7) is 1.83. The van der Waals surface area contributed by atoms with Gasteiger partial charge in [0.2, 0.25) is 0 Å². The lowest BCUT2D eigenvalue weighted by atomic mass is 10.2. The topological polar surface area (TPSA) is 46.8 Å². The molecule has 110 valence electrons. The normalized spacial score (nSPS) is 12.0. The van der Waals surface area contributed by atoms with E-state index in [9.17, 15) is 0 Å². The van der Waals surface area contributed by atoms with Crippen LogP contribution in [-0.4, -0.2) is 45.1 Å². The molecule has 0 bridgehead atoms. The first-order valence-electron chi connectivity index (χ1n) is 7.38. The van der Waals surface area contributed by atoms with Crippen molar-refractivity contribution in [2.75, 3.05) is 20.6 Å². The number of benzene rings is 1. The summed E-state index contributed by atoms with van der Waals surface area (Å²) in [6, 6.07) is 12.2. The van der Waals surface area contributed by atoms with E-state index in [4.69, 9.17) is 9.97 Å². The average molecular weight is 291 g/mol. The first-order valence-corrected chi connectivity index (χ1v) is 7.38. The number of para-hydroxylation sites is 1. The van der Waals surface area contributed by atoms with Gasteiger partial charge in [-0.1, -0.05) is 18.2 Å². The number of hydrogen-bond donors (Lipinski definition) is 0. The Labute approximate surface area is 128 Å². The summed E-state index contributed by atoms with van der Waals surface area (Å²) < 4.78 is 2.24. The molecule has 0 N–H and O–H groups in total. The molecule has 0 fully saturated rings. The molecule has 4 rings (SSSR count). The molecule has 0 spiro atoms. The summed E-state index contributed by atoms with van der Waals surface area (Å²) in [4.78, 5) is 16.1. The predicted octanol–water partition coefficient (Wildman–Crippen LogP) is 2.69. The molecule has 4 aromatic rings. The van der Waals surface area contributed by atoms with Crippen LogP contribution in [0.3, 0.4) is 0 Å². The fourth-order valence-electron chi connectivity index (χ4n) is 2.80. The zero-order chi connectivity index (χ0) is 15.1. The third-order valence-corrected chi connectivity index (χ3v) is 3.90. The molecular formula is C17H17N5. The van der Waals surface area contributed by atoms with Crippen LogP contribution < -0.4 is 0 Å². The summed E-state index contributed by atoms with van der Waals surface area (Å²) in [6.07, 6.45) is 1.76. The van der Waals surface area contributed by atoms with Gasteiger partial charge in [-0.3, -0.25) is 0 Å². The number of nitrogens with zero attached hydrogens (tertiary/aromatic N) is 5. The van der Waals surface area contributed by atoms with Gasteiger partial charge in [0.25, 0.3) is 0 Å². The van der Waals surface area contributed by atoms with Crippen LogP contribution >= 0.6 is 0 Å². The van der Waals surface area contributed by atoms with Gasteiger partial charge in [-0.05, 0) is 32.3 Å². The highest BCUT2D eigenvalue weighted by molar-refractivity contribution is 6.06. The van der Waals surface area contributed by atoms with Gasteiger partial charge in [0, 0.05) is 24.7 Å². The summed E-state index contributed by atoms with van der Waals surface area (Å²) in [5.41, 5.74) is 4.58. The number of hydrogen-bond acceptors (Lipinski definition) is 4. The zero-order valence-electron chi connectivity index (χ0n) is 12.7. The lowest BCUT2D eigenvalue weighted by Gasteiger charge is -2.11. The van der Waals surface area contributed by atoms with Crippen LogP contribution in [0.5, 0.6) is 0 Å². The molecule has 0 aliphatic carbocycles. The van der Waals surface area contributed by atoms with Crippen LogP contribution in [0.15, 0.2) is 42.6 Å². The number of rotatable bonds is 3. The van der Waals surface area contributed by atoms with Crippen molar-refractivity contribution in [2.24, 2.45) is 0 Å². The molecule has 0 atom stereocenters. The fraction of sp³-hybridized carbons (Fsp3) is 0.235. The lowest BCUT2D eigenvalue weighted by Crippen LogP contribution is -2.18. The molecule has 0 aliphatic heterocycles. The van der Waals surface area contributed by atoms with Gasteiger partial charge < -0.3 is 9.47 Å². The Kier molecular flexibility index (Phi) is 3.01. The van der Waals surface area contributed by atoms with Crippen molar-refractivity contribution in [2.45, 2.75) is 6.54 Å². The maximum atomic E-state index is 4.79. The third kappa shape index (κ3) is 2.02. The van der Waals surface area contributed by atoms with Gasteiger partial charge in [-0.2, -0.15) is 0 Å². The van der Waals surface area contributed by atoms with Crippen molar-refractivity contribution >= 4 is 33.2 Å². The Morgan fingerprint density at radius 1 is 1.05 bits per heavy atom. The van der Waals surface area contributed by atoms with E-state index in [1.54, 1.807) is 6.20 Å². The number of pyridine rings is 1. The highest BCUT2D eigenvalue weighted by Crippen LogP contribution is 2.27. The number of likely N-dealkylation sites (N-methyl/N-ethyl adjacent to an activating group) is 1. The molecule has 3 heterocycles. The van der Waals surface area contributed by atoms with E-state index < -0.39 is 0 Å². The third-order valence-electron chi connectivity index (χ3n) is 3.90. The van der Waals surface area contributed by atoms with E-state index in [0.29, 0.717) is 5.65 Å². The van der Waals surface area contributed by atoms with Crippen LogP contribution in [0.1, 0.15) is 0 Å². The standard InChI is InChI=1S/C17H17N5/c1-21(2)10-11-22-14-8-4-3-6-12(14)15-17(22)20-16-13(19-15)7-5-9-18-16/h3-9H,10-11H2,1-2H3. The molecular weight excluding hydrogens is 274 g/mol. The second-order valence-electron chi connectivity index (χ2n) is 5.71. The van der Waals surface area contributed by atoms with E-state index in [-0.39, 0.29) is 0 Å². The van der Waals surface area contributed by atoms with Gasteiger partial charge in [0.15, 0.2) is 11.3 Å². The van der Waals surface area contributed by atoms with Gasteiger partial charge >= 0.3 is 0 Å². The largest absolute Gasteiger partial charge is 0.323 e. The van der Waals surface area contributed by atoms with Crippen molar-refractivity contribution in [1.82, 2.24) is 24.4 Å². The second-order valence-corrected chi connectivity index (χ2v) is 5.71. The maximum Gasteiger partial charge on any atom is 0.180 e. The first-order chi connectivity index (χ1) is 10.7. The van der Waals surface area contributed by atoms with Crippen molar-refractivity contribution in [3.63, 3.8) is 0 Å². The molecule has 0 unspecified atom stereocenters. The first kappa shape index (κ1) is 13.2. The summed E-state index contributed by atoms with van der Waals surface area (Å²) in [5.74, 6) is 0. The van der Waals surface area contributed by atoms with Crippen LogP contribution in [0, 0.1) is 0 Å². The van der Waals surface area contributed by atoms with E-state index in [1.807, 2.05) is 18.2 Å². The minimum absolute atomic E-state index is 0.698. The van der Waals surface area contributed by atoms with E-state index in [1.165, 1.54) is 5.52 Å². The lowest BCUT2D eigenvalue weighted by molar-refractivity contribution is 0.389. The smallest absolute Gasteiger partial charge is 0.180 e. The molecule has 0 saturated heterocycles. The van der Waals surface area contributed by atoms with Crippen molar-refractivity contribution in [3.8, 4) is 0 Å². The van der Waals surface area contributed by atoms with E-state index in [0.717, 1.165) is 35.2 Å². The van der Waals surface area contributed by atoms with Crippen LogP contribution in [0.25, 0.3) is 33.2 Å². The molecule has 0 amide bonds. The molecule has 3 aromatic heterocycles. The SMILES string of the molecule is CN(C)CCn1c2ccccc2c2nc3cccnc3nc21. The van der Waals surface area contributed by atoms with Gasteiger partial charge in [0.1, 0.15) is 11.0 Å². The fourth-order valence-corrected chi connectivity index (χ4v) is 2.80.